The van der Waals surface area contributed by atoms with Crippen LogP contribution in [-0.4, -0.2) is 34.6 Å². The third kappa shape index (κ3) is 3.13. The van der Waals surface area contributed by atoms with Gasteiger partial charge in [0.25, 0.3) is 0 Å². The van der Waals surface area contributed by atoms with Gasteiger partial charge in [0.1, 0.15) is 0 Å². The van der Waals surface area contributed by atoms with E-state index in [9.17, 15) is 9.90 Å². The summed E-state index contributed by atoms with van der Waals surface area (Å²) in [5, 5.41) is 9.45. The minimum Gasteiger partial charge on any atom is -0.481 e. The fraction of sp³-hybridized carbons (Fsp3) is 0.611. The number of nitrogens with zero attached hydrogens (tertiary/aromatic N) is 1. The van der Waals surface area contributed by atoms with Gasteiger partial charge < -0.3 is 5.11 Å². The lowest BCUT2D eigenvalue weighted by Crippen LogP contribution is -2.54. The summed E-state index contributed by atoms with van der Waals surface area (Å²) in [6.45, 7) is 2.13. The van der Waals surface area contributed by atoms with E-state index >= 15 is 0 Å². The monoisotopic (exact) mass is 287 g/mol. The minimum absolute atomic E-state index is 0.162. The first-order valence-electron chi connectivity index (χ1n) is 8.23. The number of likely N-dealkylation sites (tertiary alicyclic amines) is 1. The van der Waals surface area contributed by atoms with Gasteiger partial charge in [-0.3, -0.25) is 9.69 Å². The zero-order chi connectivity index (χ0) is 14.7. The Labute approximate surface area is 127 Å². The fourth-order valence-electron chi connectivity index (χ4n) is 4.14. The second kappa shape index (κ2) is 6.18. The standard InChI is InChI=1S/C18H25NO2/c20-17(21)14-18(19-11-5-1-2-6-12-19)10-9-15-7-3-4-8-16(15)13-18/h3-4,7-8H,1-2,5-6,9-14H2,(H,20,21). The number of aryl methyl sites for hydroxylation is 1. The maximum Gasteiger partial charge on any atom is 0.305 e. The Kier molecular flexibility index (Phi) is 4.29. The Balaban J connectivity index is 1.89. The van der Waals surface area contributed by atoms with Crippen molar-refractivity contribution < 1.29 is 9.90 Å². The van der Waals surface area contributed by atoms with Gasteiger partial charge in [-0.2, -0.15) is 0 Å². The summed E-state index contributed by atoms with van der Waals surface area (Å²) in [6.07, 6.45) is 8.17. The number of hydrogen-bond donors (Lipinski definition) is 1. The molecule has 0 radical (unpaired) electrons. The molecule has 1 heterocycles. The summed E-state index contributed by atoms with van der Waals surface area (Å²) >= 11 is 0. The molecular weight excluding hydrogens is 262 g/mol. The van der Waals surface area contributed by atoms with E-state index in [0.717, 1.165) is 32.4 Å². The maximum atomic E-state index is 11.5. The van der Waals surface area contributed by atoms with Crippen LogP contribution in [0.2, 0.25) is 0 Å². The van der Waals surface area contributed by atoms with Crippen LogP contribution >= 0.6 is 0 Å². The highest BCUT2D eigenvalue weighted by Crippen LogP contribution is 2.37. The molecule has 1 aliphatic heterocycles. The molecule has 3 rings (SSSR count). The molecule has 1 atom stereocenters. The largest absolute Gasteiger partial charge is 0.481 e. The van der Waals surface area contributed by atoms with Crippen LogP contribution in [0.1, 0.15) is 49.7 Å². The third-order valence-electron chi connectivity index (χ3n) is 5.25. The topological polar surface area (TPSA) is 40.5 Å². The van der Waals surface area contributed by atoms with Gasteiger partial charge >= 0.3 is 5.97 Å². The quantitative estimate of drug-likeness (QED) is 0.927. The normalized spacial score (nSPS) is 26.9. The highest BCUT2D eigenvalue weighted by atomic mass is 16.4. The fourth-order valence-corrected chi connectivity index (χ4v) is 4.14. The zero-order valence-corrected chi connectivity index (χ0v) is 12.7. The first-order chi connectivity index (χ1) is 10.2. The van der Waals surface area contributed by atoms with Crippen LogP contribution in [0.15, 0.2) is 24.3 Å². The van der Waals surface area contributed by atoms with Crippen molar-refractivity contribution in [3.8, 4) is 0 Å². The Bertz CT molecular complexity index is 506. The summed E-state index contributed by atoms with van der Waals surface area (Å²) in [5.74, 6) is -0.654. The number of hydrogen-bond acceptors (Lipinski definition) is 2. The van der Waals surface area contributed by atoms with Crippen molar-refractivity contribution in [1.82, 2.24) is 4.90 Å². The summed E-state index contributed by atoms with van der Waals surface area (Å²) in [7, 11) is 0. The van der Waals surface area contributed by atoms with Crippen molar-refractivity contribution in [1.29, 1.82) is 0 Å². The molecule has 1 unspecified atom stereocenters. The smallest absolute Gasteiger partial charge is 0.305 e. The van der Waals surface area contributed by atoms with Crippen LogP contribution in [0.25, 0.3) is 0 Å². The lowest BCUT2D eigenvalue weighted by atomic mass is 9.74. The molecule has 0 amide bonds. The number of aliphatic carboxylic acids is 1. The van der Waals surface area contributed by atoms with Gasteiger partial charge in [-0.25, -0.2) is 0 Å². The number of carboxylic acid groups (broad SMARTS) is 1. The zero-order valence-electron chi connectivity index (χ0n) is 12.7. The van der Waals surface area contributed by atoms with Crippen LogP contribution in [0.4, 0.5) is 0 Å². The third-order valence-corrected chi connectivity index (χ3v) is 5.25. The van der Waals surface area contributed by atoms with E-state index in [1.54, 1.807) is 0 Å². The van der Waals surface area contributed by atoms with E-state index in [0.29, 0.717) is 0 Å². The van der Waals surface area contributed by atoms with Crippen molar-refractivity contribution in [3.05, 3.63) is 35.4 Å². The number of carbonyl (C=O) groups is 1. The van der Waals surface area contributed by atoms with E-state index in [1.165, 1.54) is 36.8 Å². The van der Waals surface area contributed by atoms with Gasteiger partial charge in [0, 0.05) is 5.54 Å². The molecular formula is C18H25NO2. The van der Waals surface area contributed by atoms with E-state index < -0.39 is 5.97 Å². The molecule has 0 spiro atoms. The molecule has 21 heavy (non-hydrogen) atoms. The van der Waals surface area contributed by atoms with Gasteiger partial charge in [0.15, 0.2) is 0 Å². The summed E-state index contributed by atoms with van der Waals surface area (Å²) in [6, 6.07) is 8.55. The molecule has 1 aliphatic carbocycles. The van der Waals surface area contributed by atoms with E-state index in [2.05, 4.69) is 29.2 Å². The summed E-state index contributed by atoms with van der Waals surface area (Å²) in [4.78, 5) is 14.0. The molecule has 3 heteroatoms. The Morgan fingerprint density at radius 2 is 1.76 bits per heavy atom. The van der Waals surface area contributed by atoms with Crippen molar-refractivity contribution in [2.24, 2.45) is 0 Å². The van der Waals surface area contributed by atoms with Crippen LogP contribution in [0.5, 0.6) is 0 Å². The average Bonchev–Trinajstić information content (AvgIpc) is 2.76. The summed E-state index contributed by atoms with van der Waals surface area (Å²) in [5.41, 5.74) is 2.60. The summed E-state index contributed by atoms with van der Waals surface area (Å²) < 4.78 is 0. The first kappa shape index (κ1) is 14.6. The van der Waals surface area contributed by atoms with E-state index in [1.807, 2.05) is 0 Å². The molecule has 3 nitrogen and oxygen atoms in total. The van der Waals surface area contributed by atoms with E-state index in [-0.39, 0.29) is 12.0 Å². The Hall–Kier alpha value is -1.35. The molecule has 1 aromatic carbocycles. The van der Waals surface area contributed by atoms with Crippen molar-refractivity contribution in [2.45, 2.75) is 56.9 Å². The first-order valence-corrected chi connectivity index (χ1v) is 8.23. The van der Waals surface area contributed by atoms with Crippen LogP contribution in [0.3, 0.4) is 0 Å². The predicted octanol–water partition coefficient (Wildman–Crippen LogP) is 3.26. The number of rotatable bonds is 3. The molecule has 0 saturated carbocycles. The second-order valence-electron chi connectivity index (χ2n) is 6.64. The highest BCUT2D eigenvalue weighted by molar-refractivity contribution is 5.68. The van der Waals surface area contributed by atoms with Crippen LogP contribution in [-0.2, 0) is 17.6 Å². The molecule has 2 aliphatic rings. The molecule has 114 valence electrons. The lowest BCUT2D eigenvalue weighted by Gasteiger charge is -2.46. The average molecular weight is 287 g/mol. The Morgan fingerprint density at radius 3 is 2.43 bits per heavy atom. The minimum atomic E-state index is -0.654. The molecule has 1 N–H and O–H groups in total. The van der Waals surface area contributed by atoms with Gasteiger partial charge in [-0.05, 0) is 56.3 Å². The van der Waals surface area contributed by atoms with Crippen LogP contribution in [0, 0.1) is 0 Å². The van der Waals surface area contributed by atoms with Crippen molar-refractivity contribution in [2.75, 3.05) is 13.1 Å². The van der Waals surface area contributed by atoms with Gasteiger partial charge in [0.2, 0.25) is 0 Å². The second-order valence-corrected chi connectivity index (χ2v) is 6.64. The molecule has 1 fully saturated rings. The molecule has 0 bridgehead atoms. The van der Waals surface area contributed by atoms with Crippen molar-refractivity contribution in [3.63, 3.8) is 0 Å². The SMILES string of the molecule is O=C(O)CC1(N2CCCCCC2)CCc2ccccc2C1. The highest BCUT2D eigenvalue weighted by Gasteiger charge is 2.41. The van der Waals surface area contributed by atoms with Gasteiger partial charge in [-0.1, -0.05) is 37.1 Å². The Morgan fingerprint density at radius 1 is 1.10 bits per heavy atom. The number of carboxylic acids is 1. The lowest BCUT2D eigenvalue weighted by molar-refractivity contribution is -0.141. The van der Waals surface area contributed by atoms with Crippen molar-refractivity contribution >= 4 is 5.97 Å². The van der Waals surface area contributed by atoms with Gasteiger partial charge in [-0.15, -0.1) is 0 Å². The molecule has 1 aromatic rings. The van der Waals surface area contributed by atoms with Crippen LogP contribution < -0.4 is 0 Å². The number of benzene rings is 1. The van der Waals surface area contributed by atoms with E-state index in [4.69, 9.17) is 0 Å². The predicted molar refractivity (Wildman–Crippen MR) is 83.5 cm³/mol. The van der Waals surface area contributed by atoms with Gasteiger partial charge in [0.05, 0.1) is 6.42 Å². The molecule has 0 aromatic heterocycles. The number of fused-ring (bicyclic) bond motifs is 1. The maximum absolute atomic E-state index is 11.5. The molecule has 1 saturated heterocycles.